The summed E-state index contributed by atoms with van der Waals surface area (Å²) in [5.74, 6) is 0.0648. The molecule has 27 heavy (non-hydrogen) atoms. The summed E-state index contributed by atoms with van der Waals surface area (Å²) >= 11 is 1.44. The normalized spacial score (nSPS) is 17.1. The molecular weight excluding hydrogens is 358 g/mol. The van der Waals surface area contributed by atoms with Gasteiger partial charge >= 0.3 is 0 Å². The van der Waals surface area contributed by atoms with Gasteiger partial charge in [0.15, 0.2) is 0 Å². The second-order valence-electron chi connectivity index (χ2n) is 8.06. The Kier molecular flexibility index (Phi) is 5.95. The van der Waals surface area contributed by atoms with E-state index in [4.69, 9.17) is 0 Å². The van der Waals surface area contributed by atoms with Crippen molar-refractivity contribution in [3.8, 4) is 0 Å². The summed E-state index contributed by atoms with van der Waals surface area (Å²) < 4.78 is 0. The maximum absolute atomic E-state index is 12.5. The van der Waals surface area contributed by atoms with Crippen LogP contribution in [0.5, 0.6) is 0 Å². The van der Waals surface area contributed by atoms with E-state index in [2.05, 4.69) is 31.1 Å². The van der Waals surface area contributed by atoms with Crippen molar-refractivity contribution >= 4 is 23.2 Å². The molecule has 2 aromatic rings. The van der Waals surface area contributed by atoms with Gasteiger partial charge in [-0.05, 0) is 18.4 Å². The number of nitrogens with one attached hydrogen (secondary N) is 1. The highest BCUT2D eigenvalue weighted by atomic mass is 32.1. The molecule has 0 aliphatic carbocycles. The van der Waals surface area contributed by atoms with E-state index in [1.54, 1.807) is 6.20 Å². The number of aryl methyl sites for hydroxylation is 1. The summed E-state index contributed by atoms with van der Waals surface area (Å²) in [5.41, 5.74) is 1.12. The molecule has 1 aliphatic rings. The molecule has 1 saturated heterocycles. The number of nitrogens with zero attached hydrogens (tertiary/aromatic N) is 2. The van der Waals surface area contributed by atoms with E-state index in [0.717, 1.165) is 17.8 Å². The largest absolute Gasteiger partial charge is 0.347 e. The lowest BCUT2D eigenvalue weighted by Crippen LogP contribution is -2.38. The highest BCUT2D eigenvalue weighted by Crippen LogP contribution is 2.27. The Balaban J connectivity index is 1.48. The lowest BCUT2D eigenvalue weighted by atomic mass is 9.98. The molecule has 1 N–H and O–H groups in total. The molecule has 1 aliphatic heterocycles. The van der Waals surface area contributed by atoms with Crippen LogP contribution < -0.4 is 5.32 Å². The van der Waals surface area contributed by atoms with Crippen LogP contribution in [0, 0.1) is 0 Å². The predicted molar refractivity (Wildman–Crippen MR) is 108 cm³/mol. The van der Waals surface area contributed by atoms with Crippen molar-refractivity contribution in [2.24, 2.45) is 0 Å². The molecule has 0 saturated carbocycles. The summed E-state index contributed by atoms with van der Waals surface area (Å²) in [6.07, 6.45) is 3.71. The fourth-order valence-corrected chi connectivity index (χ4v) is 4.02. The molecule has 0 bridgehead atoms. The van der Waals surface area contributed by atoms with Gasteiger partial charge in [-0.2, -0.15) is 0 Å². The van der Waals surface area contributed by atoms with Crippen LogP contribution in [0.3, 0.4) is 0 Å². The van der Waals surface area contributed by atoms with Crippen LogP contribution in [0.4, 0.5) is 0 Å². The molecule has 6 heteroatoms. The Labute approximate surface area is 164 Å². The molecule has 1 unspecified atom stereocenters. The van der Waals surface area contributed by atoms with Gasteiger partial charge in [0, 0.05) is 31.0 Å². The minimum absolute atomic E-state index is 0.0124. The number of hydrogen-bond donors (Lipinski definition) is 1. The summed E-state index contributed by atoms with van der Waals surface area (Å²) in [6.45, 7) is 7.55. The molecule has 0 radical (unpaired) electrons. The first kappa shape index (κ1) is 19.5. The number of benzene rings is 1. The monoisotopic (exact) mass is 385 g/mol. The SMILES string of the molecule is CC(C)(C)c1ncc(C(=O)NC2CCN(C(=O)CCc3ccccc3)C2)s1. The van der Waals surface area contributed by atoms with Crippen LogP contribution in [-0.4, -0.2) is 40.8 Å². The minimum Gasteiger partial charge on any atom is -0.347 e. The van der Waals surface area contributed by atoms with Crippen LogP contribution in [-0.2, 0) is 16.6 Å². The van der Waals surface area contributed by atoms with E-state index in [1.165, 1.54) is 16.9 Å². The van der Waals surface area contributed by atoms with Gasteiger partial charge in [0.1, 0.15) is 4.88 Å². The molecule has 0 spiro atoms. The smallest absolute Gasteiger partial charge is 0.263 e. The van der Waals surface area contributed by atoms with Crippen LogP contribution in [0.1, 0.15) is 53.9 Å². The maximum Gasteiger partial charge on any atom is 0.263 e. The van der Waals surface area contributed by atoms with E-state index in [1.807, 2.05) is 35.2 Å². The molecule has 1 aromatic heterocycles. The first-order chi connectivity index (χ1) is 12.8. The lowest BCUT2D eigenvalue weighted by Gasteiger charge is -2.17. The van der Waals surface area contributed by atoms with Gasteiger partial charge < -0.3 is 10.2 Å². The van der Waals surface area contributed by atoms with Crippen molar-refractivity contribution < 1.29 is 9.59 Å². The molecule has 144 valence electrons. The van der Waals surface area contributed by atoms with Gasteiger partial charge in [-0.15, -0.1) is 11.3 Å². The van der Waals surface area contributed by atoms with Gasteiger partial charge in [-0.3, -0.25) is 9.59 Å². The van der Waals surface area contributed by atoms with Crippen molar-refractivity contribution in [3.63, 3.8) is 0 Å². The summed E-state index contributed by atoms with van der Waals surface area (Å²) in [4.78, 5) is 31.8. The Hall–Kier alpha value is -2.21. The number of likely N-dealkylation sites (tertiary alicyclic amines) is 1. The van der Waals surface area contributed by atoms with Gasteiger partial charge in [0.25, 0.3) is 5.91 Å². The number of carbonyl (C=O) groups is 2. The molecule has 5 nitrogen and oxygen atoms in total. The Morgan fingerprint density at radius 1 is 1.26 bits per heavy atom. The molecule has 2 heterocycles. The third kappa shape index (κ3) is 5.16. The quantitative estimate of drug-likeness (QED) is 0.858. The average Bonchev–Trinajstić information content (AvgIpc) is 3.30. The zero-order valence-corrected chi connectivity index (χ0v) is 17.0. The van der Waals surface area contributed by atoms with E-state index >= 15 is 0 Å². The molecule has 1 atom stereocenters. The third-order valence-corrected chi connectivity index (χ3v) is 6.14. The molecular formula is C21H27N3O2S. The number of amides is 2. The van der Waals surface area contributed by atoms with E-state index in [0.29, 0.717) is 24.4 Å². The van der Waals surface area contributed by atoms with E-state index in [-0.39, 0.29) is 23.3 Å². The van der Waals surface area contributed by atoms with Crippen LogP contribution in [0.25, 0.3) is 0 Å². The van der Waals surface area contributed by atoms with Gasteiger partial charge in [0.2, 0.25) is 5.91 Å². The lowest BCUT2D eigenvalue weighted by molar-refractivity contribution is -0.130. The minimum atomic E-state index is -0.0911. The fraction of sp³-hybridized carbons (Fsp3) is 0.476. The Morgan fingerprint density at radius 3 is 2.67 bits per heavy atom. The molecule has 1 fully saturated rings. The summed E-state index contributed by atoms with van der Waals surface area (Å²) in [7, 11) is 0. The first-order valence-corrected chi connectivity index (χ1v) is 10.2. The standard InChI is InChI=1S/C21H27N3O2S/c1-21(2,3)20-22-13-17(27-20)19(26)23-16-11-12-24(14-16)18(25)10-9-15-7-5-4-6-8-15/h4-8,13,16H,9-12,14H2,1-3H3,(H,23,26). The summed E-state index contributed by atoms with van der Waals surface area (Å²) in [6, 6.07) is 10.1. The van der Waals surface area contributed by atoms with Gasteiger partial charge in [-0.1, -0.05) is 51.1 Å². The maximum atomic E-state index is 12.5. The summed E-state index contributed by atoms with van der Waals surface area (Å²) in [5, 5.41) is 4.01. The zero-order chi connectivity index (χ0) is 19.4. The predicted octanol–water partition coefficient (Wildman–Crippen LogP) is 3.40. The number of rotatable bonds is 5. The van der Waals surface area contributed by atoms with E-state index in [9.17, 15) is 9.59 Å². The third-order valence-electron chi connectivity index (χ3n) is 4.72. The average molecular weight is 386 g/mol. The van der Waals surface area contributed by atoms with Crippen molar-refractivity contribution in [1.82, 2.24) is 15.2 Å². The molecule has 3 rings (SSSR count). The highest BCUT2D eigenvalue weighted by Gasteiger charge is 2.28. The Bertz CT molecular complexity index is 795. The number of carbonyl (C=O) groups excluding carboxylic acids is 2. The van der Waals surface area contributed by atoms with Crippen molar-refractivity contribution in [2.45, 2.75) is 51.5 Å². The van der Waals surface area contributed by atoms with Crippen molar-refractivity contribution in [1.29, 1.82) is 0 Å². The second kappa shape index (κ2) is 8.21. The van der Waals surface area contributed by atoms with E-state index < -0.39 is 0 Å². The number of aromatic nitrogens is 1. The molecule has 1 aromatic carbocycles. The first-order valence-electron chi connectivity index (χ1n) is 9.42. The second-order valence-corrected chi connectivity index (χ2v) is 9.09. The highest BCUT2D eigenvalue weighted by molar-refractivity contribution is 7.13. The van der Waals surface area contributed by atoms with Crippen LogP contribution in [0.15, 0.2) is 36.5 Å². The topological polar surface area (TPSA) is 62.3 Å². The molecule has 2 amide bonds. The van der Waals surface area contributed by atoms with Crippen molar-refractivity contribution in [3.05, 3.63) is 52.0 Å². The van der Waals surface area contributed by atoms with Gasteiger partial charge in [0.05, 0.1) is 11.2 Å². The number of thiazole rings is 1. The fourth-order valence-electron chi connectivity index (χ4n) is 3.14. The number of hydrogen-bond acceptors (Lipinski definition) is 4. The van der Waals surface area contributed by atoms with Gasteiger partial charge in [-0.25, -0.2) is 4.98 Å². The van der Waals surface area contributed by atoms with Crippen LogP contribution in [0.2, 0.25) is 0 Å². The zero-order valence-electron chi connectivity index (χ0n) is 16.2. The van der Waals surface area contributed by atoms with Crippen molar-refractivity contribution in [2.75, 3.05) is 13.1 Å². The van der Waals surface area contributed by atoms with Crippen LogP contribution >= 0.6 is 11.3 Å². The Morgan fingerprint density at radius 2 is 2.00 bits per heavy atom.